The Bertz CT molecular complexity index is 910. The molecule has 1 aliphatic heterocycles. The second-order valence-electron chi connectivity index (χ2n) is 10.7. The zero-order chi connectivity index (χ0) is 22.7. The molecule has 7 heteroatoms. The van der Waals surface area contributed by atoms with Crippen molar-refractivity contribution < 1.29 is 29.0 Å². The Morgan fingerprint density at radius 1 is 1.31 bits per heavy atom. The molecule has 0 amide bonds. The summed E-state index contributed by atoms with van der Waals surface area (Å²) in [7, 11) is 0. The summed E-state index contributed by atoms with van der Waals surface area (Å²) in [5.41, 5.74) is 0.553. The van der Waals surface area contributed by atoms with Crippen LogP contribution in [0.3, 0.4) is 0 Å². The summed E-state index contributed by atoms with van der Waals surface area (Å²) in [5.74, 6) is 0.0674. The van der Waals surface area contributed by atoms with E-state index in [1.807, 2.05) is 0 Å². The van der Waals surface area contributed by atoms with E-state index in [2.05, 4.69) is 28.9 Å². The Kier molecular flexibility index (Phi) is 5.44. The van der Waals surface area contributed by atoms with Gasteiger partial charge in [-0.05, 0) is 73.7 Å². The summed E-state index contributed by atoms with van der Waals surface area (Å²) in [5, 5.41) is 11.9. The van der Waals surface area contributed by atoms with Gasteiger partial charge < -0.3 is 19.4 Å². The van der Waals surface area contributed by atoms with E-state index < -0.39 is 11.0 Å². The minimum atomic E-state index is -1.13. The van der Waals surface area contributed by atoms with Gasteiger partial charge in [0, 0.05) is 12.5 Å². The lowest BCUT2D eigenvalue weighted by atomic mass is 9.44. The zero-order valence-electron chi connectivity index (χ0n) is 18.5. The fourth-order valence-corrected chi connectivity index (χ4v) is 8.10. The highest BCUT2D eigenvalue weighted by atomic mass is 79.9. The lowest BCUT2D eigenvalue weighted by Gasteiger charge is -2.61. The van der Waals surface area contributed by atoms with E-state index in [0.29, 0.717) is 32.3 Å². The Morgan fingerprint density at radius 3 is 2.81 bits per heavy atom. The number of hydrogen-bond donors (Lipinski definition) is 1. The van der Waals surface area contributed by atoms with Gasteiger partial charge in [0.1, 0.15) is 24.3 Å². The molecule has 7 atom stereocenters. The molecule has 5 rings (SSSR count). The summed E-state index contributed by atoms with van der Waals surface area (Å²) in [4.78, 5) is 36.1. The van der Waals surface area contributed by atoms with Crippen LogP contribution >= 0.6 is 15.9 Å². The largest absolute Gasteiger partial charge is 0.462 e. The molecule has 1 heterocycles. The van der Waals surface area contributed by atoms with E-state index in [-0.39, 0.29) is 46.5 Å². The van der Waals surface area contributed by atoms with E-state index in [9.17, 15) is 19.5 Å². The number of aldehydes is 1. The first kappa shape index (κ1) is 22.3. The van der Waals surface area contributed by atoms with Crippen LogP contribution in [0.25, 0.3) is 0 Å². The number of alkyl halides is 1. The van der Waals surface area contributed by atoms with Crippen molar-refractivity contribution >= 4 is 34.2 Å². The Morgan fingerprint density at radius 2 is 2.12 bits per heavy atom. The molecular formula is C25H31BrO6. The third-order valence-corrected chi connectivity index (χ3v) is 9.91. The lowest BCUT2D eigenvalue weighted by molar-refractivity contribution is -0.206. The number of fused-ring (bicyclic) bond motifs is 5. The van der Waals surface area contributed by atoms with Gasteiger partial charge >= 0.3 is 11.9 Å². The number of halogens is 1. The van der Waals surface area contributed by atoms with Crippen LogP contribution in [0.2, 0.25) is 0 Å². The Hall–Kier alpha value is -1.47. The molecule has 32 heavy (non-hydrogen) atoms. The number of aliphatic hydroxyl groups is 1. The van der Waals surface area contributed by atoms with Crippen molar-refractivity contribution in [3.63, 3.8) is 0 Å². The Labute approximate surface area is 196 Å². The summed E-state index contributed by atoms with van der Waals surface area (Å²) < 4.78 is 10.7. The van der Waals surface area contributed by atoms with Gasteiger partial charge in [0.05, 0.1) is 11.0 Å². The number of hydrogen-bond acceptors (Lipinski definition) is 6. The predicted molar refractivity (Wildman–Crippen MR) is 120 cm³/mol. The van der Waals surface area contributed by atoms with Gasteiger partial charge in [0.25, 0.3) is 0 Å². The number of carbonyl (C=O) groups is 3. The maximum atomic E-state index is 12.7. The van der Waals surface area contributed by atoms with E-state index in [1.165, 1.54) is 5.57 Å². The maximum absolute atomic E-state index is 12.7. The molecule has 0 aromatic heterocycles. The van der Waals surface area contributed by atoms with E-state index in [4.69, 9.17) is 9.47 Å². The second kappa shape index (κ2) is 7.79. The van der Waals surface area contributed by atoms with Crippen LogP contribution in [0.1, 0.15) is 58.3 Å². The van der Waals surface area contributed by atoms with Gasteiger partial charge in [0.15, 0.2) is 0 Å². The first-order chi connectivity index (χ1) is 15.3. The predicted octanol–water partition coefficient (Wildman–Crippen LogP) is 3.65. The van der Waals surface area contributed by atoms with Crippen molar-refractivity contribution in [3.8, 4) is 0 Å². The smallest absolute Gasteiger partial charge is 0.331 e. The minimum Gasteiger partial charge on any atom is -0.462 e. The van der Waals surface area contributed by atoms with Gasteiger partial charge in [-0.15, -0.1) is 0 Å². The Balaban J connectivity index is 1.41. The van der Waals surface area contributed by atoms with Gasteiger partial charge in [-0.25, -0.2) is 4.79 Å². The van der Waals surface area contributed by atoms with Crippen LogP contribution in [0.15, 0.2) is 23.3 Å². The average molecular weight is 507 g/mol. The van der Waals surface area contributed by atoms with Crippen molar-refractivity contribution in [2.45, 2.75) is 70.0 Å². The molecule has 0 radical (unpaired) electrons. The third kappa shape index (κ3) is 3.10. The van der Waals surface area contributed by atoms with Crippen molar-refractivity contribution in [2.75, 3.05) is 11.9 Å². The van der Waals surface area contributed by atoms with Crippen LogP contribution < -0.4 is 0 Å². The van der Waals surface area contributed by atoms with Gasteiger partial charge in [-0.3, -0.25) is 4.79 Å². The van der Waals surface area contributed by atoms with E-state index >= 15 is 0 Å². The third-order valence-electron chi connectivity index (χ3n) is 9.45. The molecule has 0 aromatic rings. The summed E-state index contributed by atoms with van der Waals surface area (Å²) in [6.45, 7) is 2.70. The molecule has 3 fully saturated rings. The fourth-order valence-electron chi connectivity index (χ4n) is 7.96. The molecule has 4 aliphatic carbocycles. The number of allylic oxidation sites excluding steroid dienone is 2. The average Bonchev–Trinajstić information content (AvgIpc) is 3.35. The molecule has 3 saturated carbocycles. The minimum absolute atomic E-state index is 0.0247. The summed E-state index contributed by atoms with van der Waals surface area (Å²) >= 11 is 3.13. The normalized spacial score (nSPS) is 45.0. The summed E-state index contributed by atoms with van der Waals surface area (Å²) in [6, 6.07) is 0. The monoisotopic (exact) mass is 506 g/mol. The fraction of sp³-hybridized carbons (Fsp3) is 0.720. The number of carbonyl (C=O) groups excluding carboxylic acids is 3. The van der Waals surface area contributed by atoms with Gasteiger partial charge in [-0.2, -0.15) is 0 Å². The molecule has 0 saturated heterocycles. The number of ether oxygens (including phenoxy) is 2. The molecule has 0 bridgehead atoms. The second-order valence-corrected chi connectivity index (χ2v) is 11.2. The number of rotatable bonds is 4. The van der Waals surface area contributed by atoms with E-state index in [0.717, 1.165) is 37.5 Å². The van der Waals surface area contributed by atoms with Crippen molar-refractivity contribution in [2.24, 2.45) is 28.6 Å². The molecule has 6 nitrogen and oxygen atoms in total. The SMILES string of the molecule is CC12CCC3C(CCC4(O)CC(OC(=O)CBr)CCC34C=O)C1=CCC2C1=CC(=O)OC1. The van der Waals surface area contributed by atoms with Crippen LogP contribution in [0.4, 0.5) is 0 Å². The van der Waals surface area contributed by atoms with Crippen molar-refractivity contribution in [1.82, 2.24) is 0 Å². The highest BCUT2D eigenvalue weighted by molar-refractivity contribution is 9.09. The molecule has 5 aliphatic rings. The van der Waals surface area contributed by atoms with Crippen LogP contribution in [0, 0.1) is 28.6 Å². The molecule has 1 N–H and O–H groups in total. The van der Waals surface area contributed by atoms with Gasteiger partial charge in [0.2, 0.25) is 0 Å². The molecular weight excluding hydrogens is 476 g/mol. The highest BCUT2D eigenvalue weighted by Gasteiger charge is 2.65. The van der Waals surface area contributed by atoms with Crippen LogP contribution in [-0.2, 0) is 23.9 Å². The van der Waals surface area contributed by atoms with Crippen LogP contribution in [0.5, 0.6) is 0 Å². The number of cyclic esters (lactones) is 1. The van der Waals surface area contributed by atoms with Crippen LogP contribution in [-0.4, -0.2) is 47.0 Å². The van der Waals surface area contributed by atoms with Gasteiger partial charge in [-0.1, -0.05) is 34.5 Å². The topological polar surface area (TPSA) is 89.9 Å². The first-order valence-corrected chi connectivity index (χ1v) is 12.9. The zero-order valence-corrected chi connectivity index (χ0v) is 20.1. The maximum Gasteiger partial charge on any atom is 0.331 e. The number of esters is 2. The van der Waals surface area contributed by atoms with Crippen molar-refractivity contribution in [3.05, 3.63) is 23.3 Å². The lowest BCUT2D eigenvalue weighted by Crippen LogP contribution is -2.64. The van der Waals surface area contributed by atoms with Crippen molar-refractivity contribution in [1.29, 1.82) is 0 Å². The molecule has 0 spiro atoms. The summed E-state index contributed by atoms with van der Waals surface area (Å²) in [6.07, 6.45) is 10.3. The van der Waals surface area contributed by atoms with E-state index in [1.54, 1.807) is 6.08 Å². The standard InChI is InChI=1S/C25H31BrO6/c1-23-7-6-20-17(19(23)3-2-18(23)15-10-21(28)31-13-15)5-9-25(30)11-16(32-22(29)12-26)4-8-24(20,25)14-27/h3,10,14,16-18,20,30H,2,4-9,11-13H2,1H3. The molecule has 174 valence electrons. The molecule has 0 aromatic carbocycles. The highest BCUT2D eigenvalue weighted by Crippen LogP contribution is 2.67. The molecule has 7 unspecified atom stereocenters. The first-order valence-electron chi connectivity index (χ1n) is 11.8. The quantitative estimate of drug-likeness (QED) is 0.271.